The highest BCUT2D eigenvalue weighted by Crippen LogP contribution is 2.44. The van der Waals surface area contributed by atoms with E-state index in [9.17, 15) is 9.59 Å². The predicted molar refractivity (Wildman–Crippen MR) is 211 cm³/mol. The first-order valence-corrected chi connectivity index (χ1v) is 27.4. The molecule has 0 saturated heterocycles. The predicted octanol–water partition coefficient (Wildman–Crippen LogP) is 11.5. The molecule has 282 valence electrons. The Bertz CT molecular complexity index is 1090. The number of carbonyl (C=O) groups is 2. The molecule has 0 N–H and O–H groups in total. The number of ketones is 1. The van der Waals surface area contributed by atoms with Crippen molar-refractivity contribution in [3.63, 3.8) is 0 Å². The molecular formula is C39H78O6Si3. The van der Waals surface area contributed by atoms with Gasteiger partial charge in [0.05, 0.1) is 24.7 Å². The summed E-state index contributed by atoms with van der Waals surface area (Å²) in [5.41, 5.74) is -0.946. The van der Waals surface area contributed by atoms with Gasteiger partial charge in [0.15, 0.2) is 25.0 Å². The van der Waals surface area contributed by atoms with E-state index in [0.29, 0.717) is 6.42 Å². The molecule has 9 heteroatoms. The Morgan fingerprint density at radius 2 is 1.27 bits per heavy atom. The minimum atomic E-state index is -2.39. The van der Waals surface area contributed by atoms with Crippen LogP contribution in [0.1, 0.15) is 129 Å². The van der Waals surface area contributed by atoms with E-state index < -0.39 is 42.6 Å². The zero-order chi connectivity index (χ0) is 37.9. The summed E-state index contributed by atoms with van der Waals surface area (Å²) in [5.74, 6) is -0.413. The lowest BCUT2D eigenvalue weighted by Crippen LogP contribution is -2.54. The summed E-state index contributed by atoms with van der Waals surface area (Å²) in [6.45, 7) is 43.7. The molecule has 0 saturated carbocycles. The number of allylic oxidation sites excluding steroid dienone is 1. The van der Waals surface area contributed by atoms with Crippen molar-refractivity contribution in [1.29, 1.82) is 0 Å². The van der Waals surface area contributed by atoms with Gasteiger partial charge in [-0.05, 0) is 86.5 Å². The van der Waals surface area contributed by atoms with Crippen LogP contribution in [-0.4, -0.2) is 61.1 Å². The van der Waals surface area contributed by atoms with E-state index >= 15 is 0 Å². The van der Waals surface area contributed by atoms with E-state index in [-0.39, 0.29) is 57.3 Å². The third-order valence-corrected chi connectivity index (χ3v) is 25.9. The summed E-state index contributed by atoms with van der Waals surface area (Å²) >= 11 is 0. The quantitative estimate of drug-likeness (QED) is 0.148. The average Bonchev–Trinajstić information content (AvgIpc) is 2.88. The number of rotatable bonds is 7. The van der Waals surface area contributed by atoms with Crippen LogP contribution in [0, 0.1) is 17.3 Å². The maximum Gasteiger partial charge on any atom is 0.308 e. The Hall–Kier alpha value is -0.589. The number of ether oxygens (including phenoxy) is 1. The van der Waals surface area contributed by atoms with Gasteiger partial charge in [0.2, 0.25) is 0 Å². The Morgan fingerprint density at radius 3 is 1.75 bits per heavy atom. The van der Waals surface area contributed by atoms with Gasteiger partial charge in [-0.25, -0.2) is 0 Å². The fourth-order valence-corrected chi connectivity index (χ4v) is 9.94. The highest BCUT2D eigenvalue weighted by molar-refractivity contribution is 6.75. The summed E-state index contributed by atoms with van der Waals surface area (Å²) < 4.78 is 27.2. The molecule has 6 nitrogen and oxygen atoms in total. The average molecular weight is 727 g/mol. The van der Waals surface area contributed by atoms with Crippen LogP contribution in [0.2, 0.25) is 54.4 Å². The van der Waals surface area contributed by atoms with E-state index in [1.54, 1.807) is 0 Å². The molecule has 0 fully saturated rings. The number of cyclic esters (lactones) is 1. The van der Waals surface area contributed by atoms with Gasteiger partial charge in [-0.15, -0.1) is 0 Å². The van der Waals surface area contributed by atoms with E-state index in [0.717, 1.165) is 19.3 Å². The first-order valence-electron chi connectivity index (χ1n) is 18.7. The molecule has 1 unspecified atom stereocenters. The van der Waals surface area contributed by atoms with Crippen molar-refractivity contribution in [3.05, 3.63) is 12.2 Å². The fraction of sp³-hybridized carbons (Fsp3) is 0.897. The third kappa shape index (κ3) is 12.0. The van der Waals surface area contributed by atoms with Gasteiger partial charge < -0.3 is 18.0 Å². The second-order valence-corrected chi connectivity index (χ2v) is 34.3. The normalized spacial score (nSPS) is 28.1. The molecule has 0 spiro atoms. The van der Waals surface area contributed by atoms with Gasteiger partial charge >= 0.3 is 5.97 Å². The van der Waals surface area contributed by atoms with Crippen LogP contribution in [0.4, 0.5) is 0 Å². The van der Waals surface area contributed by atoms with Crippen molar-refractivity contribution in [2.24, 2.45) is 17.3 Å². The van der Waals surface area contributed by atoms with Crippen LogP contribution < -0.4 is 0 Å². The van der Waals surface area contributed by atoms with Crippen LogP contribution in [-0.2, 0) is 27.6 Å². The van der Waals surface area contributed by atoms with Crippen molar-refractivity contribution in [1.82, 2.24) is 0 Å². The van der Waals surface area contributed by atoms with Crippen molar-refractivity contribution >= 4 is 36.7 Å². The molecule has 0 radical (unpaired) electrons. The van der Waals surface area contributed by atoms with Gasteiger partial charge in [0.25, 0.3) is 0 Å². The van der Waals surface area contributed by atoms with Crippen molar-refractivity contribution in [2.45, 2.75) is 208 Å². The topological polar surface area (TPSA) is 71.1 Å². The van der Waals surface area contributed by atoms with Crippen LogP contribution in [0.5, 0.6) is 0 Å². The Labute approximate surface area is 300 Å². The lowest BCUT2D eigenvalue weighted by atomic mass is 9.73. The molecule has 0 aromatic rings. The number of hydrogen-bond donors (Lipinski definition) is 0. The van der Waals surface area contributed by atoms with Gasteiger partial charge in [0, 0.05) is 17.8 Å². The molecule has 0 bridgehead atoms. The first-order chi connectivity index (χ1) is 21.3. The first kappa shape index (κ1) is 45.4. The Kier molecular flexibility index (Phi) is 15.5. The Morgan fingerprint density at radius 1 is 0.792 bits per heavy atom. The maximum absolute atomic E-state index is 14.8. The van der Waals surface area contributed by atoms with E-state index in [1.807, 2.05) is 27.7 Å². The molecule has 48 heavy (non-hydrogen) atoms. The largest absolute Gasteiger partial charge is 0.459 e. The third-order valence-electron chi connectivity index (χ3n) is 12.4. The lowest BCUT2D eigenvalue weighted by molar-refractivity contribution is -0.158. The standard InChI is InChI=1S/C39H78O6Si3/c1-28-25-23-21-22-24-26-31(30(3)43-46(15,16)36(4,5)6)42-33(40)27-32(44-47(17,18)37(7,8)9)39(13,14)35(41)29(2)34(28)45-48(19,20)38(10,11)12/h22,24,28-32,34H,21,23,25-27H2,1-20H3/b24-22-/t28-,29-,30?,31+,32-,34+/m1/s1. The van der Waals surface area contributed by atoms with Gasteiger partial charge in [-0.3, -0.25) is 9.59 Å². The summed E-state index contributed by atoms with van der Waals surface area (Å²) in [6.07, 6.45) is 6.31. The van der Waals surface area contributed by atoms with E-state index in [2.05, 4.69) is 121 Å². The summed E-state index contributed by atoms with van der Waals surface area (Å²) in [5, 5.41) is -0.0492. The van der Waals surface area contributed by atoms with Gasteiger partial charge in [0.1, 0.15) is 11.9 Å². The van der Waals surface area contributed by atoms with Crippen LogP contribution in [0.25, 0.3) is 0 Å². The van der Waals surface area contributed by atoms with Crippen molar-refractivity contribution in [2.75, 3.05) is 0 Å². The summed E-state index contributed by atoms with van der Waals surface area (Å²) in [7, 11) is -6.68. The molecule has 1 heterocycles. The highest BCUT2D eigenvalue weighted by atomic mass is 28.4. The molecule has 0 aromatic carbocycles. The lowest BCUT2D eigenvalue weighted by Gasteiger charge is -2.46. The highest BCUT2D eigenvalue weighted by Gasteiger charge is 2.50. The molecule has 0 aliphatic carbocycles. The van der Waals surface area contributed by atoms with Crippen LogP contribution in [0.15, 0.2) is 12.2 Å². The SMILES string of the molecule is CC(O[Si](C)(C)C(C)(C)C)[C@@H]1C/C=C\CCC[C@@H](C)[C@H](O[Si](C)(C)C(C)(C)C)[C@@H](C)C(=O)C(C)(C)[C@H](O[Si](C)(C)C(C)(C)C)CC(=O)O1. The molecule has 1 rings (SSSR count). The van der Waals surface area contributed by atoms with Gasteiger partial charge in [-0.2, -0.15) is 0 Å². The smallest absolute Gasteiger partial charge is 0.308 e. The maximum atomic E-state index is 14.8. The molecule has 6 atom stereocenters. The van der Waals surface area contributed by atoms with E-state index in [4.69, 9.17) is 18.0 Å². The number of Topliss-reactive ketones (excluding diaryl/α,β-unsaturated/α-hetero) is 1. The molecule has 1 aliphatic heterocycles. The molecular weight excluding hydrogens is 649 g/mol. The number of esters is 1. The Balaban J connectivity index is 3.72. The number of carbonyl (C=O) groups excluding carboxylic acids is 2. The van der Waals surface area contributed by atoms with Crippen LogP contribution in [0.3, 0.4) is 0 Å². The summed E-state index contributed by atoms with van der Waals surface area (Å²) in [4.78, 5) is 28.8. The minimum absolute atomic E-state index is 0.00824. The second kappa shape index (κ2) is 16.4. The second-order valence-electron chi connectivity index (χ2n) is 20.0. The molecule has 0 aromatic heterocycles. The van der Waals surface area contributed by atoms with Gasteiger partial charge in [-0.1, -0.05) is 102 Å². The van der Waals surface area contributed by atoms with Crippen molar-refractivity contribution in [3.8, 4) is 0 Å². The monoisotopic (exact) mass is 727 g/mol. The minimum Gasteiger partial charge on any atom is -0.459 e. The molecule has 1 aliphatic rings. The summed E-state index contributed by atoms with van der Waals surface area (Å²) in [6, 6.07) is 0. The fourth-order valence-electron chi connectivity index (χ4n) is 5.59. The van der Waals surface area contributed by atoms with Crippen molar-refractivity contribution < 1.29 is 27.6 Å². The van der Waals surface area contributed by atoms with Crippen LogP contribution >= 0.6 is 0 Å². The zero-order valence-electron chi connectivity index (χ0n) is 35.1. The molecule has 0 amide bonds. The number of hydrogen-bond acceptors (Lipinski definition) is 6. The zero-order valence-corrected chi connectivity index (χ0v) is 38.1. The van der Waals surface area contributed by atoms with E-state index in [1.165, 1.54) is 0 Å².